The van der Waals surface area contributed by atoms with Crippen LogP contribution in [-0.4, -0.2) is 17.0 Å². The van der Waals surface area contributed by atoms with Crippen molar-refractivity contribution in [3.63, 3.8) is 0 Å². The fourth-order valence-electron chi connectivity index (χ4n) is 3.69. The van der Waals surface area contributed by atoms with E-state index in [-0.39, 0.29) is 18.8 Å². The second kappa shape index (κ2) is 7.78. The monoisotopic (exact) mass is 400 g/mol. The van der Waals surface area contributed by atoms with E-state index < -0.39 is 30.0 Å². The molecule has 2 fully saturated rings. The Morgan fingerprint density at radius 1 is 1.14 bits per heavy atom. The van der Waals surface area contributed by atoms with Crippen molar-refractivity contribution in [2.45, 2.75) is 43.8 Å². The smallest absolute Gasteiger partial charge is 0.408 e. The van der Waals surface area contributed by atoms with Gasteiger partial charge >= 0.3 is 6.09 Å². The number of hydrogen-bond acceptors (Lipinski definition) is 3. The third-order valence-corrected chi connectivity index (χ3v) is 5.24. The summed E-state index contributed by atoms with van der Waals surface area (Å²) in [5.41, 5.74) is 1.83. The molecule has 1 saturated heterocycles. The van der Waals surface area contributed by atoms with Crippen LogP contribution in [0.1, 0.15) is 54.5 Å². The van der Waals surface area contributed by atoms with Crippen molar-refractivity contribution in [1.29, 1.82) is 0 Å². The number of ether oxygens (including phenoxy) is 1. The Labute approximate surface area is 166 Å². The fraction of sp³-hybridized carbons (Fsp3) is 0.364. The van der Waals surface area contributed by atoms with Crippen LogP contribution in [0.5, 0.6) is 0 Å². The van der Waals surface area contributed by atoms with Gasteiger partial charge in [0.1, 0.15) is 11.9 Å². The fourth-order valence-corrected chi connectivity index (χ4v) is 3.69. The van der Waals surface area contributed by atoms with Crippen molar-refractivity contribution >= 4 is 6.09 Å². The molecule has 1 amide bonds. The molecule has 0 bridgehead atoms. The highest BCUT2D eigenvalue weighted by Crippen LogP contribution is 2.37. The molecule has 150 valence electrons. The van der Waals surface area contributed by atoms with E-state index in [1.807, 2.05) is 0 Å². The van der Waals surface area contributed by atoms with Gasteiger partial charge in [-0.1, -0.05) is 24.0 Å². The van der Waals surface area contributed by atoms with Crippen LogP contribution in [0.15, 0.2) is 42.7 Å². The van der Waals surface area contributed by atoms with Gasteiger partial charge in [0, 0.05) is 36.7 Å². The van der Waals surface area contributed by atoms with Crippen molar-refractivity contribution in [3.05, 3.63) is 65.2 Å². The van der Waals surface area contributed by atoms with Crippen LogP contribution in [0.4, 0.5) is 18.0 Å². The number of alkyl halides is 2. The minimum atomic E-state index is -2.58. The first kappa shape index (κ1) is 19.3. The van der Waals surface area contributed by atoms with E-state index in [4.69, 9.17) is 4.74 Å². The lowest BCUT2D eigenvalue weighted by Crippen LogP contribution is -2.23. The highest BCUT2D eigenvalue weighted by molar-refractivity contribution is 5.71. The highest BCUT2D eigenvalue weighted by atomic mass is 19.3. The van der Waals surface area contributed by atoms with Crippen LogP contribution in [0.25, 0.3) is 0 Å². The summed E-state index contributed by atoms with van der Waals surface area (Å²) in [5.74, 6) is 3.01. The number of carbonyl (C=O) groups is 1. The van der Waals surface area contributed by atoms with E-state index >= 15 is 0 Å². The van der Waals surface area contributed by atoms with Gasteiger partial charge in [-0.15, -0.1) is 0 Å². The zero-order valence-corrected chi connectivity index (χ0v) is 15.5. The number of hydrogen-bond donors (Lipinski definition) is 1. The van der Waals surface area contributed by atoms with Crippen LogP contribution in [0.2, 0.25) is 0 Å². The summed E-state index contributed by atoms with van der Waals surface area (Å²) in [6.45, 7) is 0. The number of pyridine rings is 1. The molecule has 2 aliphatic rings. The molecule has 4 nitrogen and oxygen atoms in total. The Morgan fingerprint density at radius 3 is 2.69 bits per heavy atom. The van der Waals surface area contributed by atoms with Gasteiger partial charge in [-0.2, -0.15) is 0 Å². The van der Waals surface area contributed by atoms with Crippen LogP contribution in [0, 0.1) is 23.6 Å². The van der Waals surface area contributed by atoms with Gasteiger partial charge in [0.2, 0.25) is 5.92 Å². The van der Waals surface area contributed by atoms with Crippen molar-refractivity contribution in [2.24, 2.45) is 5.92 Å². The third-order valence-electron chi connectivity index (χ3n) is 5.24. The minimum absolute atomic E-state index is 0.0622. The van der Waals surface area contributed by atoms with Gasteiger partial charge < -0.3 is 10.1 Å². The second-order valence-corrected chi connectivity index (χ2v) is 7.41. The standard InChI is InChI=1S/C22H19F3N2O2/c23-18-3-1-2-16(11-18)20-19(27-21(28)29-20)17-10-15(12-26-13-17)5-4-14-6-8-22(24,25)9-7-14/h1-3,10-14,19-20H,6-9H2,(H,27,28)/t19-,20-/m1/s1. The van der Waals surface area contributed by atoms with Crippen molar-refractivity contribution in [1.82, 2.24) is 10.3 Å². The highest BCUT2D eigenvalue weighted by Gasteiger charge is 2.37. The number of amides is 1. The average molecular weight is 400 g/mol. The molecule has 0 unspecified atom stereocenters. The summed E-state index contributed by atoms with van der Waals surface area (Å²) in [4.78, 5) is 16.0. The molecule has 1 aromatic carbocycles. The number of halogens is 3. The molecule has 7 heteroatoms. The van der Waals surface area contributed by atoms with E-state index in [1.54, 1.807) is 30.6 Å². The first-order valence-corrected chi connectivity index (χ1v) is 9.47. The first-order chi connectivity index (χ1) is 13.9. The maximum absolute atomic E-state index is 13.6. The van der Waals surface area contributed by atoms with Gasteiger partial charge in [-0.05, 0) is 42.2 Å². The summed E-state index contributed by atoms with van der Waals surface area (Å²) in [6.07, 6.45) is 2.38. The normalized spacial score (nSPS) is 23.6. The largest absolute Gasteiger partial charge is 0.439 e. The van der Waals surface area contributed by atoms with Gasteiger partial charge in [-0.3, -0.25) is 4.98 Å². The molecule has 1 aromatic heterocycles. The molecule has 1 N–H and O–H groups in total. The number of rotatable bonds is 2. The lowest BCUT2D eigenvalue weighted by Gasteiger charge is -2.24. The minimum Gasteiger partial charge on any atom is -0.439 e. The quantitative estimate of drug-likeness (QED) is 0.728. The van der Waals surface area contributed by atoms with Gasteiger partial charge in [-0.25, -0.2) is 18.0 Å². The van der Waals surface area contributed by atoms with Crippen LogP contribution < -0.4 is 5.32 Å². The Kier molecular flexibility index (Phi) is 5.18. The van der Waals surface area contributed by atoms with Crippen molar-refractivity contribution < 1.29 is 22.7 Å². The molecule has 1 aliphatic carbocycles. The van der Waals surface area contributed by atoms with Crippen molar-refractivity contribution in [3.8, 4) is 11.8 Å². The summed E-state index contributed by atoms with van der Waals surface area (Å²) < 4.78 is 45.5. The SMILES string of the molecule is O=C1N[C@H](c2cncc(C#CC3CCC(F)(F)CC3)c2)[C@@H](c2cccc(F)c2)O1. The number of carbonyl (C=O) groups excluding carboxylic acids is 1. The maximum Gasteiger partial charge on any atom is 0.408 e. The first-order valence-electron chi connectivity index (χ1n) is 9.47. The van der Waals surface area contributed by atoms with Gasteiger partial charge in [0.25, 0.3) is 0 Å². The Balaban J connectivity index is 1.54. The van der Waals surface area contributed by atoms with E-state index in [0.29, 0.717) is 29.5 Å². The summed E-state index contributed by atoms with van der Waals surface area (Å²) >= 11 is 0. The molecule has 0 radical (unpaired) electrons. The molecule has 4 rings (SSSR count). The average Bonchev–Trinajstić information content (AvgIpc) is 3.09. The molecular formula is C22H19F3N2O2. The molecule has 2 aromatic rings. The van der Waals surface area contributed by atoms with E-state index in [2.05, 4.69) is 22.1 Å². The van der Waals surface area contributed by atoms with Crippen LogP contribution in [-0.2, 0) is 4.74 Å². The Bertz CT molecular complexity index is 973. The zero-order valence-electron chi connectivity index (χ0n) is 15.5. The maximum atomic E-state index is 13.6. The Morgan fingerprint density at radius 2 is 1.93 bits per heavy atom. The predicted octanol–water partition coefficient (Wildman–Crippen LogP) is 4.92. The topological polar surface area (TPSA) is 51.2 Å². The second-order valence-electron chi connectivity index (χ2n) is 7.41. The van der Waals surface area contributed by atoms with E-state index in [0.717, 1.165) is 0 Å². The lowest BCUT2D eigenvalue weighted by atomic mass is 9.87. The number of nitrogens with one attached hydrogen (secondary N) is 1. The number of alkyl carbamates (subject to hydrolysis) is 1. The number of benzene rings is 1. The summed E-state index contributed by atoms with van der Waals surface area (Å²) in [7, 11) is 0. The summed E-state index contributed by atoms with van der Waals surface area (Å²) in [5, 5.41) is 2.72. The molecule has 29 heavy (non-hydrogen) atoms. The van der Waals surface area contributed by atoms with E-state index in [1.165, 1.54) is 12.1 Å². The van der Waals surface area contributed by atoms with Crippen LogP contribution >= 0.6 is 0 Å². The molecule has 2 heterocycles. The molecule has 2 atom stereocenters. The Hall–Kier alpha value is -3.01. The van der Waals surface area contributed by atoms with Gasteiger partial charge in [0.15, 0.2) is 6.10 Å². The molecular weight excluding hydrogens is 381 g/mol. The van der Waals surface area contributed by atoms with E-state index in [9.17, 15) is 18.0 Å². The molecule has 1 saturated carbocycles. The number of aromatic nitrogens is 1. The summed E-state index contributed by atoms with van der Waals surface area (Å²) in [6, 6.07) is 7.14. The number of cyclic esters (lactones) is 1. The number of nitrogens with zero attached hydrogens (tertiary/aromatic N) is 1. The molecule has 1 aliphatic heterocycles. The van der Waals surface area contributed by atoms with Crippen molar-refractivity contribution in [2.75, 3.05) is 0 Å². The zero-order chi connectivity index (χ0) is 20.4. The predicted molar refractivity (Wildman–Crippen MR) is 99.5 cm³/mol. The van der Waals surface area contributed by atoms with Crippen LogP contribution in [0.3, 0.4) is 0 Å². The molecule has 0 spiro atoms. The van der Waals surface area contributed by atoms with Gasteiger partial charge in [0.05, 0.1) is 0 Å². The third kappa shape index (κ3) is 4.53. The lowest BCUT2D eigenvalue weighted by molar-refractivity contribution is -0.0402.